The molecule has 0 bridgehead atoms. The molecule has 0 aromatic rings. The Morgan fingerprint density at radius 2 is 1.78 bits per heavy atom. The lowest BCUT2D eigenvalue weighted by Crippen LogP contribution is -2.46. The summed E-state index contributed by atoms with van der Waals surface area (Å²) in [5.41, 5.74) is -0.736. The van der Waals surface area contributed by atoms with Crippen LogP contribution in [0.2, 0.25) is 0 Å². The molecular formula is C11H19NO6. The number of carboxylic acids is 1. The second-order valence-corrected chi connectivity index (χ2v) is 4.73. The predicted octanol–water partition coefficient (Wildman–Crippen LogP) is 0.870. The highest BCUT2D eigenvalue weighted by Crippen LogP contribution is 2.12. The van der Waals surface area contributed by atoms with Crippen molar-refractivity contribution in [2.45, 2.75) is 38.8 Å². The maximum absolute atomic E-state index is 11.7. The van der Waals surface area contributed by atoms with Crippen LogP contribution in [0.1, 0.15) is 27.2 Å². The lowest BCUT2D eigenvalue weighted by atomic mass is 10.2. The third kappa shape index (κ3) is 5.51. The molecule has 7 nitrogen and oxygen atoms in total. The van der Waals surface area contributed by atoms with E-state index in [1.807, 2.05) is 0 Å². The molecule has 0 rings (SSSR count). The third-order valence-corrected chi connectivity index (χ3v) is 2.02. The van der Waals surface area contributed by atoms with Gasteiger partial charge in [0.2, 0.25) is 0 Å². The first-order valence-electron chi connectivity index (χ1n) is 5.34. The van der Waals surface area contributed by atoms with Gasteiger partial charge in [-0.2, -0.15) is 0 Å². The highest BCUT2D eigenvalue weighted by Gasteiger charge is 2.32. The van der Waals surface area contributed by atoms with Gasteiger partial charge in [-0.15, -0.1) is 0 Å². The summed E-state index contributed by atoms with van der Waals surface area (Å²) in [6.45, 7) is 4.98. The number of methoxy groups -OCH3 is 1. The molecule has 0 spiro atoms. The Hall–Kier alpha value is -1.79. The van der Waals surface area contributed by atoms with Gasteiger partial charge in [-0.25, -0.2) is 9.59 Å². The highest BCUT2D eigenvalue weighted by atomic mass is 16.6. The predicted molar refractivity (Wildman–Crippen MR) is 62.1 cm³/mol. The third-order valence-electron chi connectivity index (χ3n) is 2.02. The maximum Gasteiger partial charge on any atom is 0.410 e. The van der Waals surface area contributed by atoms with Crippen LogP contribution in [0, 0.1) is 0 Å². The molecule has 0 saturated carbocycles. The molecule has 1 amide bonds. The average molecular weight is 261 g/mol. The van der Waals surface area contributed by atoms with Gasteiger partial charge in [-0.05, 0) is 20.8 Å². The van der Waals surface area contributed by atoms with Crippen molar-refractivity contribution >= 4 is 18.0 Å². The molecule has 0 aliphatic carbocycles. The van der Waals surface area contributed by atoms with E-state index in [2.05, 4.69) is 4.74 Å². The number of esters is 1. The molecule has 0 fully saturated rings. The van der Waals surface area contributed by atoms with Crippen molar-refractivity contribution in [3.05, 3.63) is 0 Å². The molecule has 104 valence electrons. The van der Waals surface area contributed by atoms with Gasteiger partial charge in [0.15, 0.2) is 0 Å². The smallest absolute Gasteiger partial charge is 0.410 e. The molecule has 0 aliphatic heterocycles. The van der Waals surface area contributed by atoms with Crippen LogP contribution >= 0.6 is 0 Å². The summed E-state index contributed by atoms with van der Waals surface area (Å²) < 4.78 is 9.40. The van der Waals surface area contributed by atoms with E-state index in [1.54, 1.807) is 20.8 Å². The minimum Gasteiger partial charge on any atom is -0.480 e. The fourth-order valence-corrected chi connectivity index (χ4v) is 1.09. The van der Waals surface area contributed by atoms with Crippen molar-refractivity contribution in [3.63, 3.8) is 0 Å². The van der Waals surface area contributed by atoms with Gasteiger partial charge in [0.1, 0.15) is 11.6 Å². The van der Waals surface area contributed by atoms with E-state index in [0.29, 0.717) is 0 Å². The largest absolute Gasteiger partial charge is 0.480 e. The Morgan fingerprint density at radius 1 is 1.28 bits per heavy atom. The molecule has 0 aromatic carbocycles. The average Bonchev–Trinajstić information content (AvgIpc) is 2.21. The van der Waals surface area contributed by atoms with Gasteiger partial charge in [0, 0.05) is 7.05 Å². The molecule has 0 radical (unpaired) electrons. The number of likely N-dealkylation sites (N-methyl/N-ethyl adjacent to an activating group) is 1. The Morgan fingerprint density at radius 3 is 2.11 bits per heavy atom. The second kappa shape index (κ2) is 6.23. The molecule has 0 aliphatic rings. The van der Waals surface area contributed by atoms with E-state index in [9.17, 15) is 14.4 Å². The quantitative estimate of drug-likeness (QED) is 0.755. The van der Waals surface area contributed by atoms with E-state index >= 15 is 0 Å². The summed E-state index contributed by atoms with van der Waals surface area (Å²) in [5, 5.41) is 8.98. The molecule has 0 aromatic heterocycles. The fourth-order valence-electron chi connectivity index (χ4n) is 1.09. The molecule has 1 N–H and O–H groups in total. The monoisotopic (exact) mass is 261 g/mol. The normalized spacial score (nSPS) is 12.5. The number of nitrogens with zero attached hydrogens (tertiary/aromatic N) is 1. The number of hydrogen-bond acceptors (Lipinski definition) is 5. The number of ether oxygens (including phenoxy) is 2. The highest BCUT2D eigenvalue weighted by molar-refractivity contribution is 5.85. The summed E-state index contributed by atoms with van der Waals surface area (Å²) >= 11 is 0. The first-order chi connectivity index (χ1) is 8.08. The SMILES string of the molecule is COC(=O)C[C@@H](C(=O)O)N(C)C(=O)OC(C)(C)C. The minimum atomic E-state index is -1.31. The lowest BCUT2D eigenvalue weighted by Gasteiger charge is -2.27. The number of amides is 1. The zero-order valence-electron chi connectivity index (χ0n) is 11.2. The fraction of sp³-hybridized carbons (Fsp3) is 0.727. The van der Waals surface area contributed by atoms with Gasteiger partial charge >= 0.3 is 18.0 Å². The van der Waals surface area contributed by atoms with Crippen LogP contribution in [0.5, 0.6) is 0 Å². The van der Waals surface area contributed by atoms with E-state index < -0.39 is 36.1 Å². The van der Waals surface area contributed by atoms with Crippen molar-refractivity contribution in [2.24, 2.45) is 0 Å². The van der Waals surface area contributed by atoms with E-state index in [4.69, 9.17) is 9.84 Å². The van der Waals surface area contributed by atoms with Crippen LogP contribution in [0.25, 0.3) is 0 Å². The number of rotatable bonds is 4. The molecule has 7 heteroatoms. The van der Waals surface area contributed by atoms with Crippen LogP contribution in [-0.2, 0) is 19.1 Å². The molecule has 18 heavy (non-hydrogen) atoms. The van der Waals surface area contributed by atoms with Gasteiger partial charge in [-0.1, -0.05) is 0 Å². The number of hydrogen-bond donors (Lipinski definition) is 1. The summed E-state index contributed by atoms with van der Waals surface area (Å²) in [7, 11) is 2.41. The number of carbonyl (C=O) groups excluding carboxylic acids is 2. The van der Waals surface area contributed by atoms with Crippen LogP contribution in [0.4, 0.5) is 4.79 Å². The van der Waals surface area contributed by atoms with E-state index in [0.717, 1.165) is 12.0 Å². The standard InChI is InChI=1S/C11H19NO6/c1-11(2,3)18-10(16)12(4)7(9(14)15)6-8(13)17-5/h7H,6H2,1-5H3,(H,14,15)/t7-/m0/s1. The molecule has 0 saturated heterocycles. The topological polar surface area (TPSA) is 93.1 Å². The van der Waals surface area contributed by atoms with Crippen LogP contribution in [0.15, 0.2) is 0 Å². The second-order valence-electron chi connectivity index (χ2n) is 4.73. The first kappa shape index (κ1) is 16.2. The molecule has 0 unspecified atom stereocenters. The van der Waals surface area contributed by atoms with Crippen LogP contribution in [0.3, 0.4) is 0 Å². The Balaban J connectivity index is 4.76. The lowest BCUT2D eigenvalue weighted by molar-refractivity contribution is -0.150. The summed E-state index contributed by atoms with van der Waals surface area (Å²) in [6.07, 6.45) is -1.24. The van der Waals surface area contributed by atoms with E-state index in [-0.39, 0.29) is 0 Å². The van der Waals surface area contributed by atoms with E-state index in [1.165, 1.54) is 7.05 Å². The van der Waals surface area contributed by atoms with Gasteiger partial charge in [0.25, 0.3) is 0 Å². The Bertz CT molecular complexity index is 333. The van der Waals surface area contributed by atoms with Crippen molar-refractivity contribution in [2.75, 3.05) is 14.2 Å². The number of carboxylic acid groups (broad SMARTS) is 1. The Kier molecular flexibility index (Phi) is 5.61. The van der Waals surface area contributed by atoms with Crippen molar-refractivity contribution in [3.8, 4) is 0 Å². The maximum atomic E-state index is 11.7. The minimum absolute atomic E-state index is 0.429. The first-order valence-corrected chi connectivity index (χ1v) is 5.34. The summed E-state index contributed by atoms with van der Waals surface area (Å²) in [4.78, 5) is 34.6. The van der Waals surface area contributed by atoms with Crippen LogP contribution < -0.4 is 0 Å². The molecule has 1 atom stereocenters. The van der Waals surface area contributed by atoms with Crippen molar-refractivity contribution in [1.29, 1.82) is 0 Å². The summed E-state index contributed by atoms with van der Waals surface area (Å²) in [5.74, 6) is -2.01. The summed E-state index contributed by atoms with van der Waals surface area (Å²) in [6, 6.07) is -1.31. The molecule has 0 heterocycles. The zero-order chi connectivity index (χ0) is 14.5. The van der Waals surface area contributed by atoms with Gasteiger partial charge in [0.05, 0.1) is 13.5 Å². The van der Waals surface area contributed by atoms with Crippen LogP contribution in [-0.4, -0.2) is 53.8 Å². The van der Waals surface area contributed by atoms with Gasteiger partial charge in [-0.3, -0.25) is 9.69 Å². The van der Waals surface area contributed by atoms with Crippen molar-refractivity contribution < 1.29 is 29.0 Å². The zero-order valence-corrected chi connectivity index (χ0v) is 11.2. The number of aliphatic carboxylic acids is 1. The Labute approximate surface area is 106 Å². The number of carbonyl (C=O) groups is 3. The molecular weight excluding hydrogens is 242 g/mol. The van der Waals surface area contributed by atoms with Gasteiger partial charge < -0.3 is 14.6 Å². The van der Waals surface area contributed by atoms with Crippen molar-refractivity contribution in [1.82, 2.24) is 4.90 Å².